The minimum Gasteiger partial charge on any atom is -0.493 e. The van der Waals surface area contributed by atoms with Gasteiger partial charge in [0.1, 0.15) is 6.33 Å². The van der Waals surface area contributed by atoms with Crippen LogP contribution in [0.3, 0.4) is 0 Å². The molecule has 7 heteroatoms. The van der Waals surface area contributed by atoms with Crippen LogP contribution in [0.4, 0.5) is 0 Å². The van der Waals surface area contributed by atoms with Gasteiger partial charge < -0.3 is 14.6 Å². The second-order valence-corrected chi connectivity index (χ2v) is 6.07. The van der Waals surface area contributed by atoms with Gasteiger partial charge >= 0.3 is 5.97 Å². The molecule has 2 heterocycles. The summed E-state index contributed by atoms with van der Waals surface area (Å²) in [5.74, 6) is -0.273. The predicted octanol–water partition coefficient (Wildman–Crippen LogP) is 1.79. The summed E-state index contributed by atoms with van der Waals surface area (Å²) in [7, 11) is 3.15. The van der Waals surface area contributed by atoms with E-state index in [1.165, 1.54) is 6.33 Å². The fraction of sp³-hybridized carbons (Fsp3) is 0.389. The average Bonchev–Trinajstić information content (AvgIpc) is 3.05. The van der Waals surface area contributed by atoms with Gasteiger partial charge in [-0.05, 0) is 6.07 Å². The van der Waals surface area contributed by atoms with Crippen molar-refractivity contribution in [2.45, 2.75) is 12.5 Å². The Morgan fingerprint density at radius 3 is 2.64 bits per heavy atom. The zero-order valence-corrected chi connectivity index (χ0v) is 14.3. The summed E-state index contributed by atoms with van der Waals surface area (Å²) in [5, 5.41) is 9.70. The van der Waals surface area contributed by atoms with Crippen molar-refractivity contribution >= 4 is 5.97 Å². The fourth-order valence-electron chi connectivity index (χ4n) is 3.45. The van der Waals surface area contributed by atoms with Crippen LogP contribution in [0.2, 0.25) is 0 Å². The van der Waals surface area contributed by atoms with Gasteiger partial charge in [-0.25, -0.2) is 9.97 Å². The van der Waals surface area contributed by atoms with Crippen molar-refractivity contribution in [3.05, 3.63) is 48.0 Å². The first-order valence-electron chi connectivity index (χ1n) is 8.04. The van der Waals surface area contributed by atoms with E-state index in [-0.39, 0.29) is 5.92 Å². The van der Waals surface area contributed by atoms with Crippen LogP contribution in [0.15, 0.2) is 36.9 Å². The highest BCUT2D eigenvalue weighted by molar-refractivity contribution is 5.73. The van der Waals surface area contributed by atoms with Gasteiger partial charge in [-0.15, -0.1) is 0 Å². The summed E-state index contributed by atoms with van der Waals surface area (Å²) in [6.45, 7) is 1.71. The van der Waals surface area contributed by atoms with Crippen LogP contribution in [0, 0.1) is 5.92 Å². The van der Waals surface area contributed by atoms with Crippen molar-refractivity contribution in [1.29, 1.82) is 0 Å². The van der Waals surface area contributed by atoms with E-state index in [1.807, 2.05) is 18.2 Å². The lowest BCUT2D eigenvalue weighted by atomic mass is 9.88. The number of carboxylic acid groups (broad SMARTS) is 1. The van der Waals surface area contributed by atoms with Crippen LogP contribution in [0.5, 0.6) is 11.5 Å². The third-order valence-electron chi connectivity index (χ3n) is 4.57. The smallest absolute Gasteiger partial charge is 0.308 e. The summed E-state index contributed by atoms with van der Waals surface area (Å²) in [5.41, 5.74) is 1.82. The lowest BCUT2D eigenvalue weighted by Gasteiger charge is -2.20. The third kappa shape index (κ3) is 3.56. The van der Waals surface area contributed by atoms with E-state index in [0.29, 0.717) is 31.1 Å². The van der Waals surface area contributed by atoms with E-state index < -0.39 is 11.9 Å². The number of aromatic nitrogens is 2. The molecule has 2 aromatic rings. The molecule has 0 spiro atoms. The number of ether oxygens (including phenoxy) is 2. The van der Waals surface area contributed by atoms with E-state index in [9.17, 15) is 9.90 Å². The van der Waals surface area contributed by atoms with Crippen LogP contribution in [-0.2, 0) is 11.3 Å². The van der Waals surface area contributed by atoms with E-state index in [1.54, 1.807) is 26.6 Å². The van der Waals surface area contributed by atoms with Crippen LogP contribution in [0.1, 0.15) is 17.0 Å². The molecule has 1 aromatic heterocycles. The molecule has 1 fully saturated rings. The first-order chi connectivity index (χ1) is 12.1. The number of para-hydroxylation sites is 1. The van der Waals surface area contributed by atoms with Crippen LogP contribution in [0.25, 0.3) is 0 Å². The zero-order valence-electron chi connectivity index (χ0n) is 14.3. The van der Waals surface area contributed by atoms with Gasteiger partial charge in [0.05, 0.1) is 20.1 Å². The molecule has 0 bridgehead atoms. The molecule has 7 nitrogen and oxygen atoms in total. The highest BCUT2D eigenvalue weighted by atomic mass is 16.5. The Kier molecular flexibility index (Phi) is 5.14. The Bertz CT molecular complexity index is 738. The summed E-state index contributed by atoms with van der Waals surface area (Å²) in [6.07, 6.45) is 4.99. The van der Waals surface area contributed by atoms with Crippen LogP contribution < -0.4 is 9.47 Å². The molecule has 0 saturated carbocycles. The molecular formula is C18H21N3O4. The number of carboxylic acids is 1. The predicted molar refractivity (Wildman–Crippen MR) is 90.7 cm³/mol. The number of aliphatic carboxylic acids is 1. The van der Waals surface area contributed by atoms with Crippen molar-refractivity contribution in [3.8, 4) is 11.5 Å². The summed E-state index contributed by atoms with van der Waals surface area (Å²) >= 11 is 0. The van der Waals surface area contributed by atoms with Gasteiger partial charge in [-0.3, -0.25) is 9.69 Å². The molecule has 3 rings (SSSR count). The van der Waals surface area contributed by atoms with Crippen molar-refractivity contribution in [2.75, 3.05) is 27.3 Å². The summed E-state index contributed by atoms with van der Waals surface area (Å²) in [4.78, 5) is 22.0. The van der Waals surface area contributed by atoms with Crippen molar-refractivity contribution in [3.63, 3.8) is 0 Å². The largest absolute Gasteiger partial charge is 0.493 e. The fourth-order valence-corrected chi connectivity index (χ4v) is 3.45. The number of rotatable bonds is 6. The number of nitrogens with zero attached hydrogens (tertiary/aromatic N) is 3. The number of likely N-dealkylation sites (tertiary alicyclic amines) is 1. The molecule has 0 unspecified atom stereocenters. The zero-order chi connectivity index (χ0) is 17.8. The lowest BCUT2D eigenvalue weighted by Crippen LogP contribution is -2.23. The van der Waals surface area contributed by atoms with Gasteiger partial charge in [-0.1, -0.05) is 12.1 Å². The molecule has 0 radical (unpaired) electrons. The SMILES string of the molecule is COc1cccc([C@@H]2CN(Cc3cncnc3)C[C@H]2C(=O)O)c1OC. The second-order valence-electron chi connectivity index (χ2n) is 6.07. The quantitative estimate of drug-likeness (QED) is 0.856. The maximum atomic E-state index is 11.8. The van der Waals surface area contributed by atoms with Gasteiger partial charge in [0.25, 0.3) is 0 Å². The van der Waals surface area contributed by atoms with Crippen molar-refractivity contribution in [2.24, 2.45) is 5.92 Å². The maximum absolute atomic E-state index is 11.8. The van der Waals surface area contributed by atoms with E-state index >= 15 is 0 Å². The molecule has 1 aliphatic rings. The van der Waals surface area contributed by atoms with Crippen LogP contribution in [-0.4, -0.2) is 53.3 Å². The van der Waals surface area contributed by atoms with Crippen molar-refractivity contribution < 1.29 is 19.4 Å². The molecular weight excluding hydrogens is 322 g/mol. The number of carbonyl (C=O) groups is 1. The number of methoxy groups -OCH3 is 2. The normalized spacial score (nSPS) is 20.4. The van der Waals surface area contributed by atoms with Gasteiger partial charge in [0, 0.05) is 49.1 Å². The molecule has 0 aliphatic carbocycles. The van der Waals surface area contributed by atoms with Gasteiger partial charge in [0.15, 0.2) is 11.5 Å². The highest BCUT2D eigenvalue weighted by Gasteiger charge is 2.40. The number of hydrogen-bond donors (Lipinski definition) is 1. The first kappa shape index (κ1) is 17.2. The summed E-state index contributed by atoms with van der Waals surface area (Å²) in [6, 6.07) is 5.59. The number of hydrogen-bond acceptors (Lipinski definition) is 6. The Hall–Kier alpha value is -2.67. The molecule has 0 amide bonds. The van der Waals surface area contributed by atoms with E-state index in [0.717, 1.165) is 11.1 Å². The van der Waals surface area contributed by atoms with Gasteiger partial charge in [0.2, 0.25) is 0 Å². The molecule has 132 valence electrons. The Labute approximate surface area is 146 Å². The molecule has 1 aliphatic heterocycles. The Morgan fingerprint density at radius 2 is 2.00 bits per heavy atom. The minimum atomic E-state index is -0.804. The monoisotopic (exact) mass is 343 g/mol. The third-order valence-corrected chi connectivity index (χ3v) is 4.57. The molecule has 2 atom stereocenters. The maximum Gasteiger partial charge on any atom is 0.308 e. The average molecular weight is 343 g/mol. The van der Waals surface area contributed by atoms with Gasteiger partial charge in [-0.2, -0.15) is 0 Å². The van der Waals surface area contributed by atoms with E-state index in [2.05, 4.69) is 14.9 Å². The van der Waals surface area contributed by atoms with E-state index in [4.69, 9.17) is 9.47 Å². The number of benzene rings is 1. The minimum absolute atomic E-state index is 0.174. The Balaban J connectivity index is 1.88. The lowest BCUT2D eigenvalue weighted by molar-refractivity contribution is -0.141. The van der Waals surface area contributed by atoms with Crippen LogP contribution >= 0.6 is 0 Å². The summed E-state index contributed by atoms with van der Waals surface area (Å²) < 4.78 is 10.9. The molecule has 1 aromatic carbocycles. The topological polar surface area (TPSA) is 84.8 Å². The highest BCUT2D eigenvalue weighted by Crippen LogP contribution is 2.42. The molecule has 1 saturated heterocycles. The first-order valence-corrected chi connectivity index (χ1v) is 8.04. The van der Waals surface area contributed by atoms with Crippen molar-refractivity contribution in [1.82, 2.24) is 14.9 Å². The Morgan fingerprint density at radius 1 is 1.24 bits per heavy atom. The molecule has 1 N–H and O–H groups in total. The molecule has 25 heavy (non-hydrogen) atoms. The standard InChI is InChI=1S/C18H21N3O4/c1-24-16-5-3-4-13(17(16)25-2)14-9-21(10-15(14)18(22)23)8-12-6-19-11-20-7-12/h3-7,11,14-15H,8-10H2,1-2H3,(H,22,23)/t14-,15+/m0/s1. The second kappa shape index (κ2) is 7.48.